The van der Waals surface area contributed by atoms with Crippen molar-refractivity contribution < 1.29 is 14.4 Å². The molecule has 10 nitrogen and oxygen atoms in total. The normalized spacial score (nSPS) is 17.9. The molecule has 3 aromatic rings. The number of β-lactam (4-membered cyclic amide) rings is 1. The van der Waals surface area contributed by atoms with Crippen LogP contribution in [0.25, 0.3) is 0 Å². The molecule has 0 radical (unpaired) electrons. The number of imide groups is 1. The zero-order valence-electron chi connectivity index (χ0n) is 19.5. The van der Waals surface area contributed by atoms with E-state index in [0.29, 0.717) is 17.9 Å². The van der Waals surface area contributed by atoms with Crippen LogP contribution in [0.4, 0.5) is 16.3 Å². The summed E-state index contributed by atoms with van der Waals surface area (Å²) in [6.07, 6.45) is 8.88. The maximum Gasteiger partial charge on any atom is 0.325 e. The monoisotopic (exact) mass is 473 g/mol. The zero-order valence-corrected chi connectivity index (χ0v) is 19.5. The van der Waals surface area contributed by atoms with Crippen LogP contribution in [0, 0.1) is 5.92 Å². The first kappa shape index (κ1) is 23.8. The number of carbonyl (C=O) groups excluding carboxylic acids is 3. The summed E-state index contributed by atoms with van der Waals surface area (Å²) in [4.78, 5) is 54.6. The van der Waals surface area contributed by atoms with E-state index in [2.05, 4.69) is 20.3 Å². The number of urea groups is 1. The molecule has 0 unspecified atom stereocenters. The number of nitrogens with one attached hydrogen (secondary N) is 1. The van der Waals surface area contributed by atoms with Crippen LogP contribution in [0.15, 0.2) is 67.4 Å². The summed E-state index contributed by atoms with van der Waals surface area (Å²) >= 11 is 0. The minimum Gasteiger partial charge on any atom is -0.384 e. The smallest absolute Gasteiger partial charge is 0.325 e. The van der Waals surface area contributed by atoms with E-state index in [1.807, 2.05) is 13.0 Å². The van der Waals surface area contributed by atoms with E-state index < -0.39 is 23.9 Å². The van der Waals surface area contributed by atoms with Crippen molar-refractivity contribution >= 4 is 29.4 Å². The van der Waals surface area contributed by atoms with Gasteiger partial charge in [-0.2, -0.15) is 0 Å². The highest BCUT2D eigenvalue weighted by Gasteiger charge is 2.55. The third-order valence-electron chi connectivity index (χ3n) is 6.16. The van der Waals surface area contributed by atoms with Crippen LogP contribution >= 0.6 is 0 Å². The van der Waals surface area contributed by atoms with Gasteiger partial charge in [0.05, 0.1) is 12.0 Å². The minimum absolute atomic E-state index is 0.260. The summed E-state index contributed by atoms with van der Waals surface area (Å²) in [6.45, 7) is 1.92. The van der Waals surface area contributed by atoms with Crippen LogP contribution in [-0.2, 0) is 16.0 Å². The predicted molar refractivity (Wildman–Crippen MR) is 130 cm³/mol. The van der Waals surface area contributed by atoms with Crippen molar-refractivity contribution in [2.45, 2.75) is 31.8 Å². The van der Waals surface area contributed by atoms with Gasteiger partial charge in [0.15, 0.2) is 0 Å². The Hall–Kier alpha value is -4.34. The molecule has 1 aliphatic rings. The number of nitrogen functional groups attached to an aromatic ring is 1. The maximum atomic E-state index is 13.6. The van der Waals surface area contributed by atoms with E-state index in [9.17, 15) is 14.4 Å². The van der Waals surface area contributed by atoms with Crippen molar-refractivity contribution in [3.63, 3.8) is 0 Å². The van der Waals surface area contributed by atoms with Crippen molar-refractivity contribution in [2.75, 3.05) is 17.7 Å². The van der Waals surface area contributed by atoms with Gasteiger partial charge in [0, 0.05) is 43.7 Å². The van der Waals surface area contributed by atoms with Gasteiger partial charge in [0.1, 0.15) is 11.9 Å². The first-order chi connectivity index (χ1) is 16.9. The molecule has 3 N–H and O–H groups in total. The van der Waals surface area contributed by atoms with Crippen molar-refractivity contribution in [2.24, 2.45) is 5.92 Å². The zero-order chi connectivity index (χ0) is 24.9. The fraction of sp³-hybridized carbons (Fsp3) is 0.280. The molecule has 4 rings (SSSR count). The van der Waals surface area contributed by atoms with E-state index in [1.54, 1.807) is 68.4 Å². The number of hydrogen-bond acceptors (Lipinski definition) is 7. The minimum atomic E-state index is -0.971. The van der Waals surface area contributed by atoms with Crippen LogP contribution < -0.4 is 16.0 Å². The lowest BCUT2D eigenvalue weighted by Gasteiger charge is -2.46. The highest BCUT2D eigenvalue weighted by atomic mass is 16.2. The second-order valence-corrected chi connectivity index (χ2v) is 8.35. The Labute approximate surface area is 203 Å². The predicted octanol–water partition coefficient (Wildman–Crippen LogP) is 2.35. The van der Waals surface area contributed by atoms with Crippen molar-refractivity contribution in [1.82, 2.24) is 25.2 Å². The Bertz CT molecular complexity index is 1210. The molecule has 4 amide bonds. The maximum absolute atomic E-state index is 13.6. The number of anilines is 2. The molecule has 1 saturated heterocycles. The lowest BCUT2D eigenvalue weighted by Crippen LogP contribution is -2.70. The lowest BCUT2D eigenvalue weighted by molar-refractivity contribution is -0.156. The number of likely N-dealkylation sites (N-methyl/N-ethyl adjacent to an activating group) is 1. The first-order valence-corrected chi connectivity index (χ1v) is 11.3. The topological polar surface area (TPSA) is 134 Å². The van der Waals surface area contributed by atoms with Gasteiger partial charge in [-0.15, -0.1) is 0 Å². The second kappa shape index (κ2) is 10.3. The molecule has 0 spiro atoms. The summed E-state index contributed by atoms with van der Waals surface area (Å²) < 4.78 is 0. The molecule has 1 fully saturated rings. The number of amides is 4. The molecule has 0 aliphatic carbocycles. The van der Waals surface area contributed by atoms with Crippen LogP contribution in [0.3, 0.4) is 0 Å². The molecule has 3 aromatic heterocycles. The van der Waals surface area contributed by atoms with E-state index in [1.165, 1.54) is 4.90 Å². The van der Waals surface area contributed by atoms with E-state index in [4.69, 9.17) is 5.73 Å². The number of rotatable bonds is 7. The number of hydrogen-bond donors (Lipinski definition) is 2. The molecule has 3 atom stereocenters. The fourth-order valence-electron chi connectivity index (χ4n) is 4.25. The van der Waals surface area contributed by atoms with Crippen LogP contribution in [0.2, 0.25) is 0 Å². The molecule has 35 heavy (non-hydrogen) atoms. The van der Waals surface area contributed by atoms with Crippen LogP contribution in [0.5, 0.6) is 0 Å². The Morgan fingerprint density at radius 2 is 1.91 bits per heavy atom. The molecule has 180 valence electrons. The summed E-state index contributed by atoms with van der Waals surface area (Å²) in [5.74, 6) is -1.17. The SMILES string of the molecule is CC[C@@H](NC(=O)N1C(=O)[C@H](Cc2ccnc(N)c2)[C@H]1C(=O)N(C)c1ccncc1)c1cccnc1. The average molecular weight is 474 g/mol. The summed E-state index contributed by atoms with van der Waals surface area (Å²) in [7, 11) is 1.61. The van der Waals surface area contributed by atoms with Gasteiger partial charge >= 0.3 is 6.03 Å². The summed E-state index contributed by atoms with van der Waals surface area (Å²) in [5, 5.41) is 2.89. The molecule has 0 bridgehead atoms. The number of aromatic nitrogens is 3. The highest BCUT2D eigenvalue weighted by molar-refractivity contribution is 6.12. The average Bonchev–Trinajstić information content (AvgIpc) is 2.89. The molecule has 4 heterocycles. The Kier molecular flexibility index (Phi) is 7.00. The molecule has 10 heteroatoms. The molecular formula is C25H27N7O3. The first-order valence-electron chi connectivity index (χ1n) is 11.3. The van der Waals surface area contributed by atoms with Crippen molar-refractivity contribution in [3.05, 3.63) is 78.5 Å². The van der Waals surface area contributed by atoms with Crippen LogP contribution in [-0.4, -0.2) is 50.8 Å². The fourth-order valence-corrected chi connectivity index (χ4v) is 4.25. The van der Waals surface area contributed by atoms with Gasteiger partial charge in [-0.05, 0) is 54.3 Å². The number of nitrogens with two attached hydrogens (primary N) is 1. The van der Waals surface area contributed by atoms with Gasteiger partial charge < -0.3 is 16.0 Å². The van der Waals surface area contributed by atoms with Gasteiger partial charge in [-0.25, -0.2) is 9.78 Å². The third-order valence-corrected chi connectivity index (χ3v) is 6.16. The van der Waals surface area contributed by atoms with Gasteiger partial charge in [0.2, 0.25) is 5.91 Å². The Morgan fingerprint density at radius 1 is 1.14 bits per heavy atom. The Balaban J connectivity index is 1.59. The number of nitrogens with zero attached hydrogens (tertiary/aromatic N) is 5. The van der Waals surface area contributed by atoms with Crippen molar-refractivity contribution in [3.8, 4) is 0 Å². The largest absolute Gasteiger partial charge is 0.384 e. The van der Waals surface area contributed by atoms with Gasteiger partial charge in [-0.3, -0.25) is 24.5 Å². The molecule has 1 aliphatic heterocycles. The molecular weight excluding hydrogens is 446 g/mol. The lowest BCUT2D eigenvalue weighted by atomic mass is 9.81. The second-order valence-electron chi connectivity index (χ2n) is 8.35. The van der Waals surface area contributed by atoms with Gasteiger partial charge in [-0.1, -0.05) is 13.0 Å². The van der Waals surface area contributed by atoms with E-state index >= 15 is 0 Å². The highest BCUT2D eigenvalue weighted by Crippen LogP contribution is 2.33. The number of likely N-dealkylation sites (tertiary alicyclic amines) is 1. The molecule has 0 aromatic carbocycles. The standard InChI is InChI=1S/C25H27N7O3/c1-3-20(17-5-4-9-28-15-17)30-25(35)32-22(24(34)31(2)18-7-10-27-11-8-18)19(23(32)33)13-16-6-12-29-21(26)14-16/h4-12,14-15,19-20,22H,3,13H2,1-2H3,(H2,26,29)(H,30,35)/t19-,20-,22+/m1/s1. The number of pyridine rings is 3. The summed E-state index contributed by atoms with van der Waals surface area (Å²) in [5.41, 5.74) is 7.98. The summed E-state index contributed by atoms with van der Waals surface area (Å²) in [6, 6.07) is 8.50. The van der Waals surface area contributed by atoms with E-state index in [-0.39, 0.29) is 18.4 Å². The number of carbonyl (C=O) groups is 3. The molecule has 0 saturated carbocycles. The van der Waals surface area contributed by atoms with E-state index in [0.717, 1.165) is 16.0 Å². The van der Waals surface area contributed by atoms with Crippen molar-refractivity contribution in [1.29, 1.82) is 0 Å². The third kappa shape index (κ3) is 4.96. The van der Waals surface area contributed by atoms with Gasteiger partial charge in [0.25, 0.3) is 5.91 Å². The van der Waals surface area contributed by atoms with Crippen LogP contribution in [0.1, 0.15) is 30.5 Å². The quantitative estimate of drug-likeness (QED) is 0.503. The Morgan fingerprint density at radius 3 is 2.57 bits per heavy atom.